The molecule has 0 spiro atoms. The number of hydrogen-bond acceptors (Lipinski definition) is 12. The normalized spacial score (nSPS) is 26.3. The van der Waals surface area contributed by atoms with Gasteiger partial charge in [-0.25, -0.2) is 0 Å². The van der Waals surface area contributed by atoms with Crippen LogP contribution in [-0.2, 0) is 51.0 Å². The monoisotopic (exact) mass is 778 g/mol. The number of allylic oxidation sites excluding steroid dienone is 1. The minimum Gasteiger partial charge on any atom is -0.489 e. The van der Waals surface area contributed by atoms with Crippen molar-refractivity contribution in [3.63, 3.8) is 0 Å². The van der Waals surface area contributed by atoms with E-state index < -0.39 is 30.2 Å². The van der Waals surface area contributed by atoms with Crippen molar-refractivity contribution in [1.82, 2.24) is 0 Å². The summed E-state index contributed by atoms with van der Waals surface area (Å²) in [6, 6.07) is 12.1. The standard InChI is InChI=1S/C22H30O7.C22H28O5/c1-4-15(24)21(26)20-17(28-12(2)23)11-16-19(20)14-9-5-7-13(22(14)29-16)8-6-10-18(25)27-3;1-4-5-10-16-18(26-14(2)23)13-19-21(16)17-11-6-8-15(22(17)27-19)9-7-12-20(24)25-3/h5,7,9,15-17,19-21,24,26H,4,6,8,10-11H2,1-3H3;5-6,8,10-11,16,18-19,21H,4,7,9,12-13H2,1-3H3/b;10-5+. The predicted molar refractivity (Wildman–Crippen MR) is 206 cm³/mol. The SMILES string of the molecule is CC/C=C/C1C(OC(C)=O)CC2Oc3c(CCCC(=O)OC)cccc3C21.CCC(O)C(O)C1C(OC(C)=O)CC2Oc3c(CCCC(=O)OC)cccc3C21. The second-order valence-electron chi connectivity index (χ2n) is 15.1. The zero-order valence-corrected chi connectivity index (χ0v) is 33.4. The third-order valence-electron chi connectivity index (χ3n) is 11.5. The topological polar surface area (TPSA) is 164 Å². The van der Waals surface area contributed by atoms with Gasteiger partial charge >= 0.3 is 23.9 Å². The molecule has 2 aromatic rings. The number of hydrogen-bond donors (Lipinski definition) is 2. The molecule has 2 heterocycles. The lowest BCUT2D eigenvalue weighted by molar-refractivity contribution is -0.152. The largest absolute Gasteiger partial charge is 0.489 e. The zero-order chi connectivity index (χ0) is 40.5. The van der Waals surface area contributed by atoms with Gasteiger partial charge in [0.25, 0.3) is 0 Å². The van der Waals surface area contributed by atoms with Gasteiger partial charge in [-0.1, -0.05) is 62.4 Å². The second-order valence-corrected chi connectivity index (χ2v) is 15.1. The Hall–Kier alpha value is -4.42. The van der Waals surface area contributed by atoms with Gasteiger partial charge < -0.3 is 38.6 Å². The van der Waals surface area contributed by atoms with Crippen molar-refractivity contribution >= 4 is 23.9 Å². The predicted octanol–water partition coefficient (Wildman–Crippen LogP) is 6.06. The Kier molecular flexibility index (Phi) is 15.0. The Morgan fingerprint density at radius 2 is 1.27 bits per heavy atom. The number of aliphatic hydroxyl groups excluding tert-OH is 2. The van der Waals surface area contributed by atoms with Crippen molar-refractivity contribution in [2.75, 3.05) is 14.2 Å². The number of methoxy groups -OCH3 is 2. The van der Waals surface area contributed by atoms with Crippen molar-refractivity contribution in [2.45, 2.75) is 140 Å². The van der Waals surface area contributed by atoms with Crippen LogP contribution < -0.4 is 9.47 Å². The lowest BCUT2D eigenvalue weighted by Gasteiger charge is -2.30. The summed E-state index contributed by atoms with van der Waals surface area (Å²) in [5.74, 6) is 0.396. The molecule has 10 atom stereocenters. The Bertz CT molecular complexity index is 1720. The summed E-state index contributed by atoms with van der Waals surface area (Å²) in [7, 11) is 2.79. The van der Waals surface area contributed by atoms with Gasteiger partial charge in [0.05, 0.1) is 26.4 Å². The van der Waals surface area contributed by atoms with Crippen LogP contribution in [0.1, 0.15) is 113 Å². The number of fused-ring (bicyclic) bond motifs is 6. The van der Waals surface area contributed by atoms with E-state index in [1.807, 2.05) is 18.2 Å². The molecule has 2 aliphatic heterocycles. The molecule has 2 aliphatic carbocycles. The molecule has 10 unspecified atom stereocenters. The fourth-order valence-corrected chi connectivity index (χ4v) is 9.00. The van der Waals surface area contributed by atoms with Crippen molar-refractivity contribution in [2.24, 2.45) is 11.8 Å². The average Bonchev–Trinajstić information content (AvgIpc) is 3.91. The van der Waals surface area contributed by atoms with Gasteiger partial charge in [0.2, 0.25) is 0 Å². The maximum Gasteiger partial charge on any atom is 0.305 e. The summed E-state index contributed by atoms with van der Waals surface area (Å²) < 4.78 is 33.1. The fraction of sp³-hybridized carbons (Fsp3) is 0.591. The molecule has 0 saturated heterocycles. The van der Waals surface area contributed by atoms with E-state index in [9.17, 15) is 29.4 Å². The number of para-hydroxylation sites is 2. The minimum atomic E-state index is -1.02. The summed E-state index contributed by atoms with van der Waals surface area (Å²) in [5, 5.41) is 21.1. The number of aryl methyl sites for hydroxylation is 2. The van der Waals surface area contributed by atoms with Gasteiger partial charge in [-0.2, -0.15) is 0 Å². The van der Waals surface area contributed by atoms with Crippen LogP contribution in [0.4, 0.5) is 0 Å². The Labute approximate surface area is 329 Å². The number of benzene rings is 2. The number of rotatable bonds is 15. The maximum atomic E-state index is 11.6. The quantitative estimate of drug-likeness (QED) is 0.122. The van der Waals surface area contributed by atoms with Crippen LogP contribution in [0.3, 0.4) is 0 Å². The van der Waals surface area contributed by atoms with Crippen LogP contribution in [0.5, 0.6) is 11.5 Å². The van der Waals surface area contributed by atoms with Crippen LogP contribution in [0, 0.1) is 11.8 Å². The van der Waals surface area contributed by atoms with E-state index in [1.54, 1.807) is 6.92 Å². The number of carbonyl (C=O) groups excluding carboxylic acids is 4. The Morgan fingerprint density at radius 1 is 0.768 bits per heavy atom. The molecule has 0 aromatic heterocycles. The van der Waals surface area contributed by atoms with Crippen LogP contribution in [0.15, 0.2) is 48.6 Å². The molecular weight excluding hydrogens is 720 g/mol. The van der Waals surface area contributed by atoms with E-state index in [4.69, 9.17) is 28.4 Å². The molecule has 2 aromatic carbocycles. The molecule has 2 saturated carbocycles. The van der Waals surface area contributed by atoms with Gasteiger partial charge in [-0.05, 0) is 49.7 Å². The van der Waals surface area contributed by atoms with Gasteiger partial charge in [0.15, 0.2) is 0 Å². The third-order valence-corrected chi connectivity index (χ3v) is 11.5. The Balaban J connectivity index is 0.000000215. The summed E-state index contributed by atoms with van der Waals surface area (Å²) >= 11 is 0. The molecule has 12 heteroatoms. The first-order valence-electron chi connectivity index (χ1n) is 20.0. The van der Waals surface area contributed by atoms with Crippen LogP contribution >= 0.6 is 0 Å². The number of ether oxygens (including phenoxy) is 6. The van der Waals surface area contributed by atoms with Crippen LogP contribution in [0.2, 0.25) is 0 Å². The summed E-state index contributed by atoms with van der Waals surface area (Å²) in [6.45, 7) is 6.72. The van der Waals surface area contributed by atoms with Gasteiger partial charge in [-0.3, -0.25) is 19.2 Å². The lowest BCUT2D eigenvalue weighted by atomic mass is 9.81. The molecular formula is C44H58O12. The van der Waals surface area contributed by atoms with Gasteiger partial charge in [0.1, 0.15) is 35.9 Å². The highest BCUT2D eigenvalue weighted by atomic mass is 16.6. The summed E-state index contributed by atoms with van der Waals surface area (Å²) in [5.41, 5.74) is 4.30. The van der Waals surface area contributed by atoms with E-state index >= 15 is 0 Å². The number of esters is 4. The van der Waals surface area contributed by atoms with E-state index in [-0.39, 0.29) is 54.0 Å². The zero-order valence-electron chi connectivity index (χ0n) is 33.4. The summed E-state index contributed by atoms with van der Waals surface area (Å²) in [6.07, 6.45) is 7.68. The molecule has 0 bridgehead atoms. The number of carbonyl (C=O) groups is 4. The van der Waals surface area contributed by atoms with Crippen LogP contribution in [0.25, 0.3) is 0 Å². The van der Waals surface area contributed by atoms with Crippen molar-refractivity contribution in [3.8, 4) is 11.5 Å². The molecule has 4 aliphatic rings. The van der Waals surface area contributed by atoms with Gasteiger partial charge in [0, 0.05) is 74.3 Å². The number of aliphatic hydroxyl groups is 2. The highest BCUT2D eigenvalue weighted by Gasteiger charge is 2.55. The molecule has 0 amide bonds. The first kappa shape index (κ1) is 42.7. The van der Waals surface area contributed by atoms with E-state index in [2.05, 4.69) is 37.3 Å². The first-order chi connectivity index (χ1) is 26.9. The van der Waals surface area contributed by atoms with Crippen LogP contribution in [-0.4, -0.2) is 84.9 Å². The third kappa shape index (κ3) is 9.74. The second kappa shape index (κ2) is 19.6. The first-order valence-corrected chi connectivity index (χ1v) is 20.0. The van der Waals surface area contributed by atoms with Crippen molar-refractivity contribution in [3.05, 3.63) is 70.8 Å². The smallest absolute Gasteiger partial charge is 0.305 e. The molecule has 0 radical (unpaired) electrons. The van der Waals surface area contributed by atoms with E-state index in [0.29, 0.717) is 44.9 Å². The maximum absolute atomic E-state index is 11.6. The molecule has 2 N–H and O–H groups in total. The van der Waals surface area contributed by atoms with Crippen molar-refractivity contribution < 1.29 is 57.8 Å². The van der Waals surface area contributed by atoms with E-state index in [0.717, 1.165) is 47.5 Å². The average molecular weight is 779 g/mol. The van der Waals surface area contributed by atoms with Gasteiger partial charge in [-0.15, -0.1) is 0 Å². The molecule has 6 rings (SSSR count). The highest BCUT2D eigenvalue weighted by Crippen LogP contribution is 2.54. The summed E-state index contributed by atoms with van der Waals surface area (Å²) in [4.78, 5) is 45.8. The fourth-order valence-electron chi connectivity index (χ4n) is 9.00. The lowest BCUT2D eigenvalue weighted by Crippen LogP contribution is -2.41. The molecule has 306 valence electrons. The molecule has 12 nitrogen and oxygen atoms in total. The van der Waals surface area contributed by atoms with E-state index in [1.165, 1.54) is 33.6 Å². The highest BCUT2D eigenvalue weighted by molar-refractivity contribution is 5.69. The van der Waals surface area contributed by atoms with Crippen molar-refractivity contribution in [1.29, 1.82) is 0 Å². The minimum absolute atomic E-state index is 0.0256. The molecule has 56 heavy (non-hydrogen) atoms. The Morgan fingerprint density at radius 3 is 1.77 bits per heavy atom. The molecule has 2 fully saturated rings.